The summed E-state index contributed by atoms with van der Waals surface area (Å²) < 4.78 is 0. The molecule has 15 heavy (non-hydrogen) atoms. The maximum atomic E-state index is 3.90. The smallest absolute Gasteiger partial charge is 0.0344 e. The summed E-state index contributed by atoms with van der Waals surface area (Å²) >= 11 is 0. The van der Waals surface area contributed by atoms with Gasteiger partial charge in [0.25, 0.3) is 0 Å². The van der Waals surface area contributed by atoms with Gasteiger partial charge in [0, 0.05) is 8.80 Å². The predicted molar refractivity (Wildman–Crippen MR) is 70.8 cm³/mol. The molecule has 0 aliphatic heterocycles. The van der Waals surface area contributed by atoms with Crippen LogP contribution in [0.15, 0.2) is 37.0 Å². The zero-order valence-electron chi connectivity index (χ0n) is 9.89. The molecule has 2 aliphatic rings. The normalized spacial score (nSPS) is 38.3. The second-order valence-electron chi connectivity index (χ2n) is 5.35. The van der Waals surface area contributed by atoms with E-state index in [1.807, 2.05) is 0 Å². The van der Waals surface area contributed by atoms with E-state index in [-0.39, 0.29) is 0 Å². The number of hydrogen-bond acceptors (Lipinski definition) is 0. The van der Waals surface area contributed by atoms with Gasteiger partial charge in [0.2, 0.25) is 0 Å². The first-order valence-corrected chi connectivity index (χ1v) is 9.17. The van der Waals surface area contributed by atoms with Gasteiger partial charge in [-0.25, -0.2) is 0 Å². The molecule has 1 heteroatoms. The first kappa shape index (κ1) is 10.9. The molecule has 4 unspecified atom stereocenters. The summed E-state index contributed by atoms with van der Waals surface area (Å²) in [5.41, 5.74) is 1.01. The van der Waals surface area contributed by atoms with Crippen LogP contribution >= 0.6 is 0 Å². The third kappa shape index (κ3) is 2.03. The summed E-state index contributed by atoms with van der Waals surface area (Å²) in [5.74, 6) is 2.54. The fourth-order valence-electron chi connectivity index (χ4n) is 3.39. The van der Waals surface area contributed by atoms with Crippen LogP contribution < -0.4 is 0 Å². The molecule has 0 radical (unpaired) electrons. The highest BCUT2D eigenvalue weighted by Gasteiger charge is 2.41. The Morgan fingerprint density at radius 3 is 2.53 bits per heavy atom. The molecular formula is C14H22Si. The minimum absolute atomic E-state index is 0.500. The molecule has 0 heterocycles. The van der Waals surface area contributed by atoms with E-state index < -0.39 is 8.80 Å². The Hall–Kier alpha value is -0.563. The fraction of sp³-hybridized carbons (Fsp3) is 0.571. The third-order valence-corrected chi connectivity index (χ3v) is 6.59. The fourth-order valence-corrected chi connectivity index (χ4v) is 5.56. The van der Waals surface area contributed by atoms with Gasteiger partial charge in [-0.3, -0.25) is 0 Å². The quantitative estimate of drug-likeness (QED) is 0.499. The molecule has 0 N–H and O–H groups in total. The van der Waals surface area contributed by atoms with Crippen LogP contribution in [0, 0.1) is 17.8 Å². The molecule has 0 saturated heterocycles. The lowest BCUT2D eigenvalue weighted by Gasteiger charge is -2.24. The average Bonchev–Trinajstić information content (AvgIpc) is 2.59. The lowest BCUT2D eigenvalue weighted by molar-refractivity contribution is 0.423. The van der Waals surface area contributed by atoms with Crippen LogP contribution in [0.2, 0.25) is 18.6 Å². The molecule has 82 valence electrons. The van der Waals surface area contributed by atoms with Gasteiger partial charge in [-0.05, 0) is 36.1 Å². The van der Waals surface area contributed by atoms with Crippen LogP contribution in [0.1, 0.15) is 12.8 Å². The van der Waals surface area contributed by atoms with Crippen LogP contribution in [-0.2, 0) is 0 Å². The highest BCUT2D eigenvalue weighted by Crippen LogP contribution is 2.50. The van der Waals surface area contributed by atoms with Gasteiger partial charge in [0.1, 0.15) is 0 Å². The molecule has 1 saturated carbocycles. The van der Waals surface area contributed by atoms with E-state index in [1.54, 1.807) is 0 Å². The zero-order chi connectivity index (χ0) is 10.8. The number of fused-ring (bicyclic) bond motifs is 1. The van der Waals surface area contributed by atoms with E-state index in [4.69, 9.17) is 0 Å². The monoisotopic (exact) mass is 218 g/mol. The molecule has 0 bridgehead atoms. The summed E-state index contributed by atoms with van der Waals surface area (Å²) in [6.45, 7) is 8.91. The molecule has 0 aromatic carbocycles. The van der Waals surface area contributed by atoms with Gasteiger partial charge >= 0.3 is 0 Å². The lowest BCUT2D eigenvalue weighted by Crippen LogP contribution is -2.19. The minimum atomic E-state index is -0.500. The SMILES string of the molecule is C=CCC1CC([SiH](C)C)C2C=CC=CC12. The van der Waals surface area contributed by atoms with Gasteiger partial charge in [0.15, 0.2) is 0 Å². The van der Waals surface area contributed by atoms with Crippen molar-refractivity contribution in [2.45, 2.75) is 31.5 Å². The molecule has 1 fully saturated rings. The van der Waals surface area contributed by atoms with Crippen LogP contribution in [0.5, 0.6) is 0 Å². The average molecular weight is 218 g/mol. The van der Waals surface area contributed by atoms with Gasteiger partial charge in [-0.1, -0.05) is 43.5 Å². The Morgan fingerprint density at radius 2 is 1.93 bits per heavy atom. The molecule has 0 aromatic heterocycles. The first-order valence-electron chi connectivity index (χ1n) is 6.20. The van der Waals surface area contributed by atoms with Crippen LogP contribution in [0.3, 0.4) is 0 Å². The van der Waals surface area contributed by atoms with Crippen molar-refractivity contribution >= 4 is 8.80 Å². The van der Waals surface area contributed by atoms with Crippen molar-refractivity contribution in [2.24, 2.45) is 17.8 Å². The van der Waals surface area contributed by atoms with Crippen LogP contribution in [0.25, 0.3) is 0 Å². The van der Waals surface area contributed by atoms with Crippen molar-refractivity contribution in [1.82, 2.24) is 0 Å². The van der Waals surface area contributed by atoms with Crippen LogP contribution in [0.4, 0.5) is 0 Å². The molecule has 2 aliphatic carbocycles. The maximum absolute atomic E-state index is 3.90. The van der Waals surface area contributed by atoms with E-state index >= 15 is 0 Å². The molecule has 0 amide bonds. The van der Waals surface area contributed by atoms with Crippen molar-refractivity contribution in [3.05, 3.63) is 37.0 Å². The predicted octanol–water partition coefficient (Wildman–Crippen LogP) is 3.80. The van der Waals surface area contributed by atoms with Crippen molar-refractivity contribution in [2.75, 3.05) is 0 Å². The third-order valence-electron chi connectivity index (χ3n) is 4.16. The molecule has 4 atom stereocenters. The largest absolute Gasteiger partial charge is 0.103 e. The van der Waals surface area contributed by atoms with Crippen LogP contribution in [-0.4, -0.2) is 8.80 Å². The molecular weight excluding hydrogens is 196 g/mol. The van der Waals surface area contributed by atoms with Crippen molar-refractivity contribution < 1.29 is 0 Å². The Morgan fingerprint density at radius 1 is 1.27 bits per heavy atom. The summed E-state index contributed by atoms with van der Waals surface area (Å²) in [6.07, 6.45) is 14.2. The highest BCUT2D eigenvalue weighted by atomic mass is 28.3. The van der Waals surface area contributed by atoms with E-state index in [1.165, 1.54) is 12.8 Å². The molecule has 0 spiro atoms. The van der Waals surface area contributed by atoms with Gasteiger partial charge < -0.3 is 0 Å². The zero-order valence-corrected chi connectivity index (χ0v) is 11.0. The van der Waals surface area contributed by atoms with Crippen molar-refractivity contribution in [3.8, 4) is 0 Å². The van der Waals surface area contributed by atoms with E-state index in [9.17, 15) is 0 Å². The molecule has 0 nitrogen and oxygen atoms in total. The molecule has 0 aromatic rings. The Bertz CT molecular complexity index is 288. The Balaban J connectivity index is 2.17. The van der Waals surface area contributed by atoms with Gasteiger partial charge in [-0.2, -0.15) is 0 Å². The van der Waals surface area contributed by atoms with Gasteiger partial charge in [0.05, 0.1) is 0 Å². The topological polar surface area (TPSA) is 0 Å². The highest BCUT2D eigenvalue weighted by molar-refractivity contribution is 6.57. The summed E-state index contributed by atoms with van der Waals surface area (Å²) in [4.78, 5) is 0. The minimum Gasteiger partial charge on any atom is -0.103 e. The number of allylic oxidation sites excluding steroid dienone is 5. The second kappa shape index (κ2) is 4.52. The number of hydrogen-bond donors (Lipinski definition) is 0. The number of rotatable bonds is 3. The Labute approximate surface area is 95.4 Å². The lowest BCUT2D eigenvalue weighted by atomic mass is 9.85. The summed E-state index contributed by atoms with van der Waals surface area (Å²) in [6, 6.07) is 0. The second-order valence-corrected chi connectivity index (χ2v) is 8.70. The van der Waals surface area contributed by atoms with Crippen molar-refractivity contribution in [1.29, 1.82) is 0 Å². The van der Waals surface area contributed by atoms with Gasteiger partial charge in [-0.15, -0.1) is 6.58 Å². The van der Waals surface area contributed by atoms with E-state index in [2.05, 4.69) is 50.1 Å². The molecule has 2 rings (SSSR count). The standard InChI is InChI=1S/C14H22Si/c1-4-7-11-10-14(15(2)3)13-9-6-5-8-12(11)13/h4-6,8-9,11-15H,1,7,10H2,2-3H3. The summed E-state index contributed by atoms with van der Waals surface area (Å²) in [7, 11) is -0.500. The van der Waals surface area contributed by atoms with E-state index in [0.717, 1.165) is 23.3 Å². The maximum Gasteiger partial charge on any atom is 0.0344 e. The van der Waals surface area contributed by atoms with Crippen molar-refractivity contribution in [3.63, 3.8) is 0 Å². The first-order chi connectivity index (χ1) is 7.24. The van der Waals surface area contributed by atoms with E-state index in [0.29, 0.717) is 0 Å². The summed E-state index contributed by atoms with van der Waals surface area (Å²) in [5, 5.41) is 0. The Kier molecular flexibility index (Phi) is 3.30.